The van der Waals surface area contributed by atoms with Gasteiger partial charge in [0.2, 0.25) is 5.91 Å². The lowest BCUT2D eigenvalue weighted by Gasteiger charge is -2.27. The van der Waals surface area contributed by atoms with Crippen molar-refractivity contribution in [1.82, 2.24) is 5.32 Å². The van der Waals surface area contributed by atoms with E-state index in [9.17, 15) is 25.2 Å². The first-order valence-electron chi connectivity index (χ1n) is 19.3. The molecular weight excluding hydrogens is 550 g/mol. The normalized spacial score (nSPS) is 14.5. The van der Waals surface area contributed by atoms with Crippen LogP contribution in [0.1, 0.15) is 201 Å². The molecule has 1 amide bonds. The molecule has 5 N–H and O–H groups in total. The highest BCUT2D eigenvalue weighted by atomic mass is 16.3. The quantitative estimate of drug-likeness (QED) is 0.0457. The van der Waals surface area contributed by atoms with Gasteiger partial charge in [0.1, 0.15) is 12.2 Å². The molecule has 0 aromatic heterocycles. The maximum absolute atomic E-state index is 12.4. The van der Waals surface area contributed by atoms with E-state index >= 15 is 0 Å². The molecule has 0 fully saturated rings. The van der Waals surface area contributed by atoms with Crippen LogP contribution in [0.2, 0.25) is 0 Å². The van der Waals surface area contributed by atoms with Crippen molar-refractivity contribution in [2.45, 2.75) is 225 Å². The molecule has 6 heteroatoms. The summed E-state index contributed by atoms with van der Waals surface area (Å²) < 4.78 is 0. The first-order chi connectivity index (χ1) is 21.3. The van der Waals surface area contributed by atoms with Crippen LogP contribution >= 0.6 is 0 Å². The van der Waals surface area contributed by atoms with Crippen molar-refractivity contribution in [2.75, 3.05) is 6.61 Å². The Hall–Kier alpha value is -0.690. The van der Waals surface area contributed by atoms with Crippen LogP contribution in [0.5, 0.6) is 0 Å². The molecule has 264 valence electrons. The van der Waals surface area contributed by atoms with Crippen molar-refractivity contribution in [3.8, 4) is 0 Å². The Labute approximate surface area is 273 Å². The molecule has 0 rings (SSSR count). The molecule has 0 aliphatic heterocycles. The minimum Gasteiger partial charge on any atom is -0.394 e. The van der Waals surface area contributed by atoms with Crippen LogP contribution in [-0.2, 0) is 4.79 Å². The van der Waals surface area contributed by atoms with E-state index in [0.29, 0.717) is 12.8 Å². The van der Waals surface area contributed by atoms with Crippen LogP contribution in [0.4, 0.5) is 0 Å². The summed E-state index contributed by atoms with van der Waals surface area (Å²) >= 11 is 0. The summed E-state index contributed by atoms with van der Waals surface area (Å²) in [6, 6.07) is -0.978. The minimum absolute atomic E-state index is 0.374. The molecule has 0 radical (unpaired) electrons. The Bertz CT molecular complexity index is 602. The molecule has 0 aromatic carbocycles. The molecule has 0 aliphatic rings. The monoisotopic (exact) mass is 628 g/mol. The van der Waals surface area contributed by atoms with Crippen molar-refractivity contribution < 1.29 is 25.2 Å². The number of hydrogen-bond donors (Lipinski definition) is 5. The van der Waals surface area contributed by atoms with Crippen LogP contribution in [0.25, 0.3) is 0 Å². The van der Waals surface area contributed by atoms with Gasteiger partial charge in [-0.3, -0.25) is 4.79 Å². The highest BCUT2D eigenvalue weighted by Crippen LogP contribution is 2.17. The number of amides is 1. The third-order valence-electron chi connectivity index (χ3n) is 9.25. The summed E-state index contributed by atoms with van der Waals surface area (Å²) in [5, 5.41) is 43.5. The van der Waals surface area contributed by atoms with Gasteiger partial charge in [-0.2, -0.15) is 0 Å². The summed E-state index contributed by atoms with van der Waals surface area (Å²) in [5.41, 5.74) is 0. The average molecular weight is 628 g/mol. The summed E-state index contributed by atoms with van der Waals surface area (Å²) in [5.74, 6) is 0.247. The predicted octanol–water partition coefficient (Wildman–Crippen LogP) is 9.14. The zero-order valence-corrected chi connectivity index (χ0v) is 29.6. The SMILES string of the molecule is CCCCCCCCCCCCCCC[C@@H](O)C(=O)N[C@@H](CO)[C@H](O)[C@H](O)CCCCCCCCCCCCCCC(C)C. The second kappa shape index (κ2) is 32.3. The van der Waals surface area contributed by atoms with Gasteiger partial charge in [-0.1, -0.05) is 188 Å². The summed E-state index contributed by atoms with van der Waals surface area (Å²) in [6.45, 7) is 6.37. The lowest BCUT2D eigenvalue weighted by Crippen LogP contribution is -2.53. The van der Waals surface area contributed by atoms with E-state index in [1.165, 1.54) is 128 Å². The lowest BCUT2D eigenvalue weighted by molar-refractivity contribution is -0.132. The number of aliphatic hydroxyl groups is 4. The van der Waals surface area contributed by atoms with Gasteiger partial charge in [0.25, 0.3) is 0 Å². The fourth-order valence-electron chi connectivity index (χ4n) is 6.12. The fourth-order valence-corrected chi connectivity index (χ4v) is 6.12. The number of rotatable bonds is 34. The first-order valence-corrected chi connectivity index (χ1v) is 19.3. The minimum atomic E-state index is -1.25. The molecule has 4 atom stereocenters. The molecule has 0 unspecified atom stereocenters. The van der Waals surface area contributed by atoms with Gasteiger partial charge < -0.3 is 25.7 Å². The summed E-state index contributed by atoms with van der Waals surface area (Å²) in [4.78, 5) is 12.4. The highest BCUT2D eigenvalue weighted by molar-refractivity contribution is 5.80. The van der Waals surface area contributed by atoms with Crippen molar-refractivity contribution in [3.05, 3.63) is 0 Å². The van der Waals surface area contributed by atoms with Gasteiger partial charge in [0.05, 0.1) is 18.8 Å². The molecule has 6 nitrogen and oxygen atoms in total. The van der Waals surface area contributed by atoms with Crippen LogP contribution in [-0.4, -0.2) is 57.3 Å². The van der Waals surface area contributed by atoms with E-state index < -0.39 is 36.9 Å². The van der Waals surface area contributed by atoms with Crippen LogP contribution in [0, 0.1) is 5.92 Å². The predicted molar refractivity (Wildman–Crippen MR) is 187 cm³/mol. The Kier molecular flexibility index (Phi) is 31.8. The molecular formula is C38H77NO5. The Morgan fingerprint density at radius 2 is 0.864 bits per heavy atom. The molecule has 0 heterocycles. The highest BCUT2D eigenvalue weighted by Gasteiger charge is 2.28. The van der Waals surface area contributed by atoms with Gasteiger partial charge in [-0.05, 0) is 18.8 Å². The average Bonchev–Trinajstić information content (AvgIpc) is 3.01. The van der Waals surface area contributed by atoms with E-state index in [1.54, 1.807) is 0 Å². The summed E-state index contributed by atoms with van der Waals surface area (Å²) in [6.07, 6.45) is 29.8. The van der Waals surface area contributed by atoms with Crippen LogP contribution in [0.3, 0.4) is 0 Å². The smallest absolute Gasteiger partial charge is 0.249 e. The lowest BCUT2D eigenvalue weighted by atomic mass is 9.99. The van der Waals surface area contributed by atoms with Crippen LogP contribution < -0.4 is 5.32 Å². The molecule has 0 bridgehead atoms. The van der Waals surface area contributed by atoms with E-state index in [1.807, 2.05) is 0 Å². The van der Waals surface area contributed by atoms with Gasteiger partial charge in [-0.25, -0.2) is 0 Å². The number of unbranched alkanes of at least 4 members (excludes halogenated alkanes) is 23. The van der Waals surface area contributed by atoms with E-state index in [2.05, 4.69) is 26.1 Å². The number of carbonyl (C=O) groups is 1. The van der Waals surface area contributed by atoms with Crippen molar-refractivity contribution >= 4 is 5.91 Å². The molecule has 0 aliphatic carbocycles. The van der Waals surface area contributed by atoms with Gasteiger partial charge >= 0.3 is 0 Å². The third kappa shape index (κ3) is 27.6. The number of aliphatic hydroxyl groups excluding tert-OH is 4. The molecule has 44 heavy (non-hydrogen) atoms. The van der Waals surface area contributed by atoms with Gasteiger partial charge in [0.15, 0.2) is 0 Å². The Balaban J connectivity index is 3.78. The maximum Gasteiger partial charge on any atom is 0.249 e. The second-order valence-electron chi connectivity index (χ2n) is 14.1. The van der Waals surface area contributed by atoms with E-state index in [4.69, 9.17) is 0 Å². The molecule has 0 spiro atoms. The van der Waals surface area contributed by atoms with Crippen LogP contribution in [0.15, 0.2) is 0 Å². The topological polar surface area (TPSA) is 110 Å². The number of carbonyl (C=O) groups excluding carboxylic acids is 1. The van der Waals surface area contributed by atoms with Crippen molar-refractivity contribution in [2.24, 2.45) is 5.92 Å². The third-order valence-corrected chi connectivity index (χ3v) is 9.25. The zero-order chi connectivity index (χ0) is 32.7. The second-order valence-corrected chi connectivity index (χ2v) is 14.1. The molecule has 0 saturated heterocycles. The maximum atomic E-state index is 12.4. The van der Waals surface area contributed by atoms with Gasteiger partial charge in [-0.15, -0.1) is 0 Å². The Morgan fingerprint density at radius 3 is 1.23 bits per heavy atom. The number of nitrogens with one attached hydrogen (secondary N) is 1. The molecule has 0 saturated carbocycles. The van der Waals surface area contributed by atoms with Gasteiger partial charge in [0, 0.05) is 0 Å². The van der Waals surface area contributed by atoms with E-state index in [-0.39, 0.29) is 0 Å². The first kappa shape index (κ1) is 43.3. The zero-order valence-electron chi connectivity index (χ0n) is 29.6. The Morgan fingerprint density at radius 1 is 0.523 bits per heavy atom. The standard InChI is InChI=1S/C38H77NO5/c1-4-5-6-7-8-9-10-11-16-19-22-25-28-31-36(42)38(44)39-34(32-40)37(43)35(41)30-27-24-21-18-15-13-12-14-17-20-23-26-29-33(2)3/h33-37,40-43H,4-32H2,1-3H3,(H,39,44)/t34-,35+,36+,37-/m0/s1. The van der Waals surface area contributed by atoms with Crippen molar-refractivity contribution in [3.63, 3.8) is 0 Å². The largest absolute Gasteiger partial charge is 0.394 e. The van der Waals surface area contributed by atoms with E-state index in [0.717, 1.165) is 44.4 Å². The van der Waals surface area contributed by atoms with Crippen molar-refractivity contribution in [1.29, 1.82) is 0 Å². The number of hydrogen-bond acceptors (Lipinski definition) is 5. The summed E-state index contributed by atoms with van der Waals surface area (Å²) in [7, 11) is 0. The molecule has 0 aromatic rings. The fraction of sp³-hybridized carbons (Fsp3) is 0.974.